The van der Waals surface area contributed by atoms with Gasteiger partial charge in [-0.1, -0.05) is 20.8 Å². The summed E-state index contributed by atoms with van der Waals surface area (Å²) in [4.78, 5) is 0. The number of rotatable bonds is 1. The first-order chi connectivity index (χ1) is 6.37. The van der Waals surface area contributed by atoms with E-state index < -0.39 is 24.7 Å². The summed E-state index contributed by atoms with van der Waals surface area (Å²) in [6, 6.07) is 0. The van der Waals surface area contributed by atoms with Crippen LogP contribution in [0.3, 0.4) is 0 Å². The molecule has 0 aromatic carbocycles. The largest absolute Gasteiger partial charge is 0.417 e. The zero-order valence-corrected chi connectivity index (χ0v) is 8.94. The van der Waals surface area contributed by atoms with Crippen LogP contribution in [-0.4, -0.2) is 24.7 Å². The number of ether oxygens (including phenoxy) is 2. The lowest BCUT2D eigenvalue weighted by atomic mass is 10.2. The highest BCUT2D eigenvalue weighted by Gasteiger charge is 2.50. The van der Waals surface area contributed by atoms with E-state index in [-0.39, 0.29) is 0 Å². The lowest BCUT2D eigenvalue weighted by molar-refractivity contribution is -0.237. The number of hydrogen-bond donors (Lipinski definition) is 0. The topological polar surface area (TPSA) is 18.5 Å². The molecule has 1 aliphatic rings. The standard InChI is InChI=1S/C7H11F3O2.C2H6/c1-3-6(2)11-4-5(12-6)7(8,9)10;1-2/h5H,3-4H2,1-2H3;1-2H3. The second kappa shape index (κ2) is 4.98. The average Bonchev–Trinajstić information content (AvgIpc) is 2.52. The number of hydrogen-bond acceptors (Lipinski definition) is 2. The maximum absolute atomic E-state index is 12.0. The van der Waals surface area contributed by atoms with Crippen LogP contribution in [-0.2, 0) is 9.47 Å². The SMILES string of the molecule is CC.CCC1(C)OCC(C(F)(F)F)O1. The van der Waals surface area contributed by atoms with E-state index in [4.69, 9.17) is 9.47 Å². The molecule has 1 saturated heterocycles. The fourth-order valence-electron chi connectivity index (χ4n) is 0.968. The summed E-state index contributed by atoms with van der Waals surface area (Å²) in [6.07, 6.45) is -5.66. The lowest BCUT2D eigenvalue weighted by Gasteiger charge is -2.21. The van der Waals surface area contributed by atoms with Gasteiger partial charge < -0.3 is 9.47 Å². The predicted octanol–water partition coefficient (Wildman–Crippen LogP) is 3.12. The molecule has 0 spiro atoms. The molecule has 1 aliphatic heterocycles. The highest BCUT2D eigenvalue weighted by molar-refractivity contribution is 4.78. The van der Waals surface area contributed by atoms with Gasteiger partial charge in [-0.15, -0.1) is 0 Å². The lowest BCUT2D eigenvalue weighted by Crippen LogP contribution is -2.33. The van der Waals surface area contributed by atoms with E-state index in [0.717, 1.165) is 0 Å². The van der Waals surface area contributed by atoms with Gasteiger partial charge in [0.1, 0.15) is 0 Å². The summed E-state index contributed by atoms with van der Waals surface area (Å²) in [5.74, 6) is -1.06. The van der Waals surface area contributed by atoms with Crippen molar-refractivity contribution in [3.8, 4) is 0 Å². The summed E-state index contributed by atoms with van der Waals surface area (Å²) < 4.78 is 45.7. The summed E-state index contributed by atoms with van der Waals surface area (Å²) in [5, 5.41) is 0. The van der Waals surface area contributed by atoms with Crippen molar-refractivity contribution in [2.75, 3.05) is 6.61 Å². The molecule has 0 N–H and O–H groups in total. The Morgan fingerprint density at radius 1 is 1.36 bits per heavy atom. The fourth-order valence-corrected chi connectivity index (χ4v) is 0.968. The summed E-state index contributed by atoms with van der Waals surface area (Å²) >= 11 is 0. The Kier molecular flexibility index (Phi) is 4.88. The predicted molar refractivity (Wildman–Crippen MR) is 46.9 cm³/mol. The van der Waals surface area contributed by atoms with E-state index in [0.29, 0.717) is 6.42 Å². The van der Waals surface area contributed by atoms with Crippen LogP contribution in [0.25, 0.3) is 0 Å². The Labute approximate surface area is 82.4 Å². The first-order valence-corrected chi connectivity index (χ1v) is 4.76. The van der Waals surface area contributed by atoms with Crippen molar-refractivity contribution in [2.45, 2.75) is 52.2 Å². The normalized spacial score (nSPS) is 32.4. The van der Waals surface area contributed by atoms with E-state index in [1.54, 1.807) is 6.92 Å². The molecular weight excluding hydrogens is 197 g/mol. The van der Waals surface area contributed by atoms with Crippen molar-refractivity contribution in [3.63, 3.8) is 0 Å². The molecule has 1 rings (SSSR count). The van der Waals surface area contributed by atoms with Crippen molar-refractivity contribution in [3.05, 3.63) is 0 Å². The molecule has 0 aromatic heterocycles. The molecule has 0 amide bonds. The first-order valence-electron chi connectivity index (χ1n) is 4.76. The zero-order valence-electron chi connectivity index (χ0n) is 8.94. The molecule has 0 bridgehead atoms. The summed E-state index contributed by atoms with van der Waals surface area (Å²) in [5.41, 5.74) is 0. The molecule has 14 heavy (non-hydrogen) atoms. The quantitative estimate of drug-likeness (QED) is 0.667. The van der Waals surface area contributed by atoms with Gasteiger partial charge in [0, 0.05) is 0 Å². The van der Waals surface area contributed by atoms with Crippen molar-refractivity contribution in [2.24, 2.45) is 0 Å². The van der Waals surface area contributed by atoms with E-state index in [9.17, 15) is 13.2 Å². The molecular formula is C9H17F3O2. The van der Waals surface area contributed by atoms with Gasteiger partial charge in [0.25, 0.3) is 0 Å². The molecule has 5 heteroatoms. The van der Waals surface area contributed by atoms with E-state index in [2.05, 4.69) is 0 Å². The molecule has 2 nitrogen and oxygen atoms in total. The summed E-state index contributed by atoms with van der Waals surface area (Å²) in [7, 11) is 0. The van der Waals surface area contributed by atoms with Crippen LogP contribution in [0.4, 0.5) is 13.2 Å². The van der Waals surface area contributed by atoms with Crippen molar-refractivity contribution < 1.29 is 22.6 Å². The van der Waals surface area contributed by atoms with Crippen LogP contribution < -0.4 is 0 Å². The van der Waals surface area contributed by atoms with Gasteiger partial charge in [0.05, 0.1) is 6.61 Å². The number of halogens is 3. The highest BCUT2D eigenvalue weighted by Crippen LogP contribution is 2.34. The van der Waals surface area contributed by atoms with E-state index in [1.807, 2.05) is 13.8 Å². The smallest absolute Gasteiger partial charge is 0.347 e. The van der Waals surface area contributed by atoms with Crippen LogP contribution in [0.1, 0.15) is 34.1 Å². The third-order valence-electron chi connectivity index (χ3n) is 1.94. The van der Waals surface area contributed by atoms with Gasteiger partial charge in [-0.05, 0) is 13.3 Å². The van der Waals surface area contributed by atoms with Gasteiger partial charge in [-0.3, -0.25) is 0 Å². The number of alkyl halides is 3. The minimum atomic E-state index is -4.31. The molecule has 1 fully saturated rings. The molecule has 0 saturated carbocycles. The van der Waals surface area contributed by atoms with Gasteiger partial charge >= 0.3 is 6.18 Å². The third-order valence-corrected chi connectivity index (χ3v) is 1.94. The van der Waals surface area contributed by atoms with Crippen molar-refractivity contribution >= 4 is 0 Å². The van der Waals surface area contributed by atoms with E-state index in [1.165, 1.54) is 6.92 Å². The second-order valence-electron chi connectivity index (χ2n) is 2.95. The van der Waals surface area contributed by atoms with E-state index >= 15 is 0 Å². The van der Waals surface area contributed by atoms with Gasteiger partial charge in [-0.25, -0.2) is 0 Å². The molecule has 0 radical (unpaired) electrons. The van der Waals surface area contributed by atoms with Gasteiger partial charge in [-0.2, -0.15) is 13.2 Å². The minimum Gasteiger partial charge on any atom is -0.347 e. The van der Waals surface area contributed by atoms with Crippen LogP contribution in [0.15, 0.2) is 0 Å². The Morgan fingerprint density at radius 2 is 1.86 bits per heavy atom. The average molecular weight is 214 g/mol. The van der Waals surface area contributed by atoms with Gasteiger partial charge in [0.2, 0.25) is 0 Å². The Hall–Kier alpha value is -0.290. The molecule has 86 valence electrons. The van der Waals surface area contributed by atoms with Crippen LogP contribution in [0, 0.1) is 0 Å². The Balaban J connectivity index is 0.000000791. The fraction of sp³-hybridized carbons (Fsp3) is 1.00. The van der Waals surface area contributed by atoms with Gasteiger partial charge in [0.15, 0.2) is 11.9 Å². The van der Waals surface area contributed by atoms with Crippen LogP contribution in [0.5, 0.6) is 0 Å². The maximum Gasteiger partial charge on any atom is 0.417 e. The molecule has 2 atom stereocenters. The third kappa shape index (κ3) is 3.46. The zero-order chi connectivity index (χ0) is 11.4. The van der Waals surface area contributed by atoms with Crippen LogP contribution >= 0.6 is 0 Å². The minimum absolute atomic E-state index is 0.395. The van der Waals surface area contributed by atoms with Crippen molar-refractivity contribution in [1.29, 1.82) is 0 Å². The molecule has 1 heterocycles. The monoisotopic (exact) mass is 214 g/mol. The Bertz CT molecular complexity index is 170. The summed E-state index contributed by atoms with van der Waals surface area (Å²) in [6.45, 7) is 6.84. The maximum atomic E-state index is 12.0. The first kappa shape index (κ1) is 13.7. The van der Waals surface area contributed by atoms with Crippen molar-refractivity contribution in [1.82, 2.24) is 0 Å². The van der Waals surface area contributed by atoms with Crippen LogP contribution in [0.2, 0.25) is 0 Å². The Morgan fingerprint density at radius 3 is 2.07 bits per heavy atom. The molecule has 0 aromatic rings. The second-order valence-corrected chi connectivity index (χ2v) is 2.95. The molecule has 0 aliphatic carbocycles. The highest BCUT2D eigenvalue weighted by atomic mass is 19.4. The molecule has 2 unspecified atom stereocenters.